The monoisotopic (exact) mass is 1090 g/mol. The van der Waals surface area contributed by atoms with Gasteiger partial charge in [0.05, 0.1) is 33.1 Å². The molecule has 12 aromatic carbocycles. The predicted molar refractivity (Wildman–Crippen MR) is 349 cm³/mol. The molecule has 5 heterocycles. The van der Waals surface area contributed by atoms with Crippen molar-refractivity contribution in [3.8, 4) is 29.0 Å². The smallest absolute Gasteiger partial charge is 0.240 e. The highest BCUT2D eigenvalue weighted by molar-refractivity contribution is 7.33. The molecule has 0 N–H and O–H groups in total. The van der Waals surface area contributed by atoms with Crippen molar-refractivity contribution >= 4 is 123 Å². The lowest BCUT2D eigenvalue weighted by Gasteiger charge is -2.48. The topological polar surface area (TPSA) is 53.5 Å². The van der Waals surface area contributed by atoms with Crippen LogP contribution in [-0.2, 0) is 0 Å². The third-order valence-corrected chi connectivity index (χ3v) is 28.0. The van der Waals surface area contributed by atoms with Crippen molar-refractivity contribution in [1.82, 2.24) is 28.7 Å². The first-order valence-corrected chi connectivity index (χ1v) is 32.4. The van der Waals surface area contributed by atoms with Crippen LogP contribution in [0.25, 0.3) is 94.4 Å². The minimum Gasteiger partial charge on any atom is -0.309 e. The van der Waals surface area contributed by atoms with E-state index in [1.807, 2.05) is 0 Å². The molecule has 0 radical (unpaired) electrons. The average Bonchev–Trinajstić information content (AvgIpc) is 1.52. The molecule has 4 aromatic heterocycles. The molecule has 0 fully saturated rings. The molecule has 0 aliphatic carbocycles. The quantitative estimate of drug-likeness (QED) is 0.143. The van der Waals surface area contributed by atoms with E-state index < -0.39 is 16.1 Å². The van der Waals surface area contributed by atoms with Crippen LogP contribution in [0.1, 0.15) is 0 Å². The van der Waals surface area contributed by atoms with Crippen molar-refractivity contribution < 1.29 is 0 Å². The number of rotatable bonds is 8. The molecule has 0 saturated carbocycles. The van der Waals surface area contributed by atoms with E-state index >= 15 is 0 Å². The summed E-state index contributed by atoms with van der Waals surface area (Å²) in [6.07, 6.45) is 0. The van der Waals surface area contributed by atoms with Crippen molar-refractivity contribution in [2.24, 2.45) is 0 Å². The SMILES string of the molecule is c1ccc([Si]2(c3ccccc3)c3ccccc3[Si](c3ccccc3)(c3ccc4c5ccccc5n(-c5cccc(-c6nc(-n7c8ccccc8c8ccccc87)nc(-n7c8ccccc8c8ccccc87)n6)c5)c4c3)c3ccccc32)cc1. The standard InChI is InChI=1S/C75H50N6Si2/c1-4-27-53(28-5-1)82(54-29-6-2-7-30-54)69-43-20-22-45-71(69)83(55-31-8-3-9-32-55,72-46-23-21-44-70(72)82)56-47-48-62-61-37-10-15-38-63(61)79(68(62)50-56)52-26-24-25-51(49-52)73-76-74(80-64-39-16-11-33-57(64)58-34-12-17-40-65(58)80)78-75(77-73)81-66-41-18-13-35-59(66)60-36-14-19-42-67(60)81/h1-50H. The minimum atomic E-state index is -3.14. The van der Waals surface area contributed by atoms with Crippen LogP contribution >= 0.6 is 0 Å². The molecule has 0 amide bonds. The first-order valence-electron chi connectivity index (χ1n) is 28.4. The van der Waals surface area contributed by atoms with E-state index in [2.05, 4.69) is 317 Å². The second-order valence-electron chi connectivity index (χ2n) is 21.8. The summed E-state index contributed by atoms with van der Waals surface area (Å²) >= 11 is 0. The van der Waals surface area contributed by atoms with Gasteiger partial charge in [-0.1, -0.05) is 255 Å². The maximum Gasteiger partial charge on any atom is 0.240 e. The molecule has 6 nitrogen and oxygen atoms in total. The molecule has 0 atom stereocenters. The van der Waals surface area contributed by atoms with Crippen molar-refractivity contribution in [1.29, 1.82) is 0 Å². The fourth-order valence-electron chi connectivity index (χ4n) is 14.4. The van der Waals surface area contributed by atoms with E-state index in [0.717, 1.165) is 65.9 Å². The molecule has 8 heteroatoms. The Kier molecular flexibility index (Phi) is 10.6. The first-order chi connectivity index (χ1) is 41.2. The van der Waals surface area contributed by atoms with Gasteiger partial charge >= 0.3 is 0 Å². The Balaban J connectivity index is 0.921. The summed E-state index contributed by atoms with van der Waals surface area (Å²) in [6, 6.07) is 113. The molecule has 83 heavy (non-hydrogen) atoms. The molecular formula is C75H50N6Si2. The normalized spacial score (nSPS) is 13.5. The Morgan fingerprint density at radius 2 is 0.566 bits per heavy atom. The highest BCUT2D eigenvalue weighted by atomic mass is 28.3. The van der Waals surface area contributed by atoms with Gasteiger partial charge in [0, 0.05) is 43.6 Å². The van der Waals surface area contributed by atoms with E-state index in [-0.39, 0.29) is 0 Å². The Morgan fingerprint density at radius 3 is 0.976 bits per heavy atom. The Labute approximate surface area is 481 Å². The largest absolute Gasteiger partial charge is 0.309 e. The van der Waals surface area contributed by atoms with Crippen molar-refractivity contribution in [2.75, 3.05) is 0 Å². The van der Waals surface area contributed by atoms with Gasteiger partial charge in [-0.05, 0) is 90.0 Å². The van der Waals surface area contributed by atoms with Crippen molar-refractivity contribution in [2.45, 2.75) is 0 Å². The molecule has 1 aliphatic heterocycles. The minimum absolute atomic E-state index is 0.548. The zero-order valence-corrected chi connectivity index (χ0v) is 47.1. The highest BCUT2D eigenvalue weighted by Crippen LogP contribution is 2.37. The molecule has 16 aromatic rings. The van der Waals surface area contributed by atoms with Gasteiger partial charge < -0.3 is 4.57 Å². The zero-order chi connectivity index (χ0) is 54.6. The third-order valence-electron chi connectivity index (χ3n) is 17.7. The van der Waals surface area contributed by atoms with Crippen LogP contribution in [0.3, 0.4) is 0 Å². The first kappa shape index (κ1) is 47.3. The number of fused-ring (bicyclic) bond motifs is 11. The van der Waals surface area contributed by atoms with Gasteiger partial charge in [-0.25, -0.2) is 0 Å². The van der Waals surface area contributed by atoms with Crippen LogP contribution < -0.4 is 41.5 Å². The zero-order valence-electron chi connectivity index (χ0n) is 45.1. The Hall–Kier alpha value is -10.5. The van der Waals surface area contributed by atoms with Crippen LogP contribution in [0.2, 0.25) is 0 Å². The Bertz CT molecular complexity index is 4910. The fourth-order valence-corrected chi connectivity index (χ4v) is 26.5. The number of hydrogen-bond acceptors (Lipinski definition) is 3. The van der Waals surface area contributed by atoms with Gasteiger partial charge in [-0.3, -0.25) is 9.13 Å². The van der Waals surface area contributed by atoms with Gasteiger partial charge in [0.25, 0.3) is 0 Å². The van der Waals surface area contributed by atoms with E-state index in [0.29, 0.717) is 17.7 Å². The number of hydrogen-bond donors (Lipinski definition) is 0. The highest BCUT2D eigenvalue weighted by Gasteiger charge is 2.56. The maximum atomic E-state index is 5.51. The van der Waals surface area contributed by atoms with Gasteiger partial charge in [-0.15, -0.1) is 0 Å². The van der Waals surface area contributed by atoms with Gasteiger partial charge in [-0.2, -0.15) is 15.0 Å². The lowest BCUT2D eigenvalue weighted by Crippen LogP contribution is -2.93. The summed E-state index contributed by atoms with van der Waals surface area (Å²) in [5.41, 5.74) is 8.29. The predicted octanol–water partition coefficient (Wildman–Crippen LogP) is 11.9. The summed E-state index contributed by atoms with van der Waals surface area (Å²) in [5, 5.41) is 18.2. The molecule has 388 valence electrons. The molecular weight excluding hydrogens is 1040 g/mol. The lowest BCUT2D eigenvalue weighted by atomic mass is 10.1. The van der Waals surface area contributed by atoms with E-state index in [9.17, 15) is 0 Å². The second-order valence-corrected chi connectivity index (χ2v) is 29.3. The Morgan fingerprint density at radius 1 is 0.229 bits per heavy atom. The number of para-hydroxylation sites is 5. The number of nitrogens with zero attached hydrogens (tertiary/aromatic N) is 6. The van der Waals surface area contributed by atoms with E-state index in [4.69, 9.17) is 15.0 Å². The number of benzene rings is 12. The summed E-state index contributed by atoms with van der Waals surface area (Å²) in [4.78, 5) is 16.5. The summed E-state index contributed by atoms with van der Waals surface area (Å²) in [5.74, 6) is 1.67. The van der Waals surface area contributed by atoms with Gasteiger partial charge in [0.1, 0.15) is 0 Å². The third kappa shape index (κ3) is 6.79. The van der Waals surface area contributed by atoms with Crippen LogP contribution in [0.15, 0.2) is 303 Å². The molecule has 0 unspecified atom stereocenters. The molecule has 1 aliphatic rings. The average molecular weight is 1090 g/mol. The van der Waals surface area contributed by atoms with Crippen LogP contribution in [0.5, 0.6) is 0 Å². The lowest BCUT2D eigenvalue weighted by molar-refractivity contribution is 0.892. The van der Waals surface area contributed by atoms with E-state index in [1.165, 1.54) is 52.3 Å². The molecule has 0 spiro atoms. The van der Waals surface area contributed by atoms with Gasteiger partial charge in [0.15, 0.2) is 22.0 Å². The molecule has 17 rings (SSSR count). The van der Waals surface area contributed by atoms with Crippen LogP contribution in [-0.4, -0.2) is 44.8 Å². The van der Waals surface area contributed by atoms with Crippen molar-refractivity contribution in [3.05, 3.63) is 303 Å². The van der Waals surface area contributed by atoms with Crippen LogP contribution in [0.4, 0.5) is 0 Å². The summed E-state index contributed by atoms with van der Waals surface area (Å²) in [6.45, 7) is 0. The molecule has 0 saturated heterocycles. The fraction of sp³-hybridized carbons (Fsp3) is 0. The summed E-state index contributed by atoms with van der Waals surface area (Å²) < 4.78 is 6.87. The van der Waals surface area contributed by atoms with Crippen LogP contribution in [0, 0.1) is 0 Å². The maximum absolute atomic E-state index is 5.51. The number of aromatic nitrogens is 6. The second kappa shape index (κ2) is 18.5. The molecule has 0 bridgehead atoms. The summed E-state index contributed by atoms with van der Waals surface area (Å²) in [7, 11) is -6.04. The van der Waals surface area contributed by atoms with E-state index in [1.54, 1.807) is 0 Å². The van der Waals surface area contributed by atoms with Crippen molar-refractivity contribution in [3.63, 3.8) is 0 Å². The van der Waals surface area contributed by atoms with Gasteiger partial charge in [0.2, 0.25) is 11.9 Å².